The SMILES string of the molecule is CCOc1ccc([C@@H](N)c2nc(-c3cccc(Cl)c3)n[nH]2)cc1OCC. The van der Waals surface area contributed by atoms with Crippen LogP contribution >= 0.6 is 11.6 Å². The topological polar surface area (TPSA) is 86.0 Å². The number of hydrogen-bond donors (Lipinski definition) is 2. The van der Waals surface area contributed by atoms with E-state index in [1.807, 2.05) is 50.2 Å². The first-order chi connectivity index (χ1) is 12.6. The zero-order chi connectivity index (χ0) is 18.5. The van der Waals surface area contributed by atoms with Gasteiger partial charge in [-0.1, -0.05) is 29.8 Å². The van der Waals surface area contributed by atoms with Gasteiger partial charge >= 0.3 is 0 Å². The fourth-order valence-electron chi connectivity index (χ4n) is 2.59. The lowest BCUT2D eigenvalue weighted by atomic mass is 10.1. The Balaban J connectivity index is 1.87. The van der Waals surface area contributed by atoms with Crippen LogP contribution in [0, 0.1) is 0 Å². The summed E-state index contributed by atoms with van der Waals surface area (Å²) in [5.74, 6) is 2.47. The summed E-state index contributed by atoms with van der Waals surface area (Å²) in [6.45, 7) is 4.97. The summed E-state index contributed by atoms with van der Waals surface area (Å²) in [7, 11) is 0. The van der Waals surface area contributed by atoms with Gasteiger partial charge in [0.1, 0.15) is 5.82 Å². The van der Waals surface area contributed by atoms with Crippen LogP contribution < -0.4 is 15.2 Å². The van der Waals surface area contributed by atoms with E-state index in [1.54, 1.807) is 6.07 Å². The number of nitrogens with one attached hydrogen (secondary N) is 1. The van der Waals surface area contributed by atoms with Gasteiger partial charge in [-0.15, -0.1) is 0 Å². The van der Waals surface area contributed by atoms with Gasteiger partial charge in [-0.2, -0.15) is 5.10 Å². The van der Waals surface area contributed by atoms with Gasteiger partial charge in [-0.25, -0.2) is 4.98 Å². The molecule has 0 aliphatic carbocycles. The van der Waals surface area contributed by atoms with Gasteiger partial charge in [0, 0.05) is 10.6 Å². The molecule has 0 radical (unpaired) electrons. The Morgan fingerprint density at radius 1 is 1.08 bits per heavy atom. The van der Waals surface area contributed by atoms with Crippen LogP contribution in [-0.2, 0) is 0 Å². The minimum atomic E-state index is -0.467. The molecule has 0 amide bonds. The van der Waals surface area contributed by atoms with Gasteiger partial charge < -0.3 is 15.2 Å². The molecule has 0 fully saturated rings. The molecule has 0 saturated carbocycles. The van der Waals surface area contributed by atoms with Crippen LogP contribution in [0.15, 0.2) is 42.5 Å². The van der Waals surface area contributed by atoms with Crippen molar-refractivity contribution in [2.24, 2.45) is 5.73 Å². The van der Waals surface area contributed by atoms with Crippen molar-refractivity contribution < 1.29 is 9.47 Å². The van der Waals surface area contributed by atoms with Crippen molar-refractivity contribution in [2.75, 3.05) is 13.2 Å². The molecule has 0 aliphatic rings. The number of nitrogens with two attached hydrogens (primary N) is 1. The van der Waals surface area contributed by atoms with Gasteiger partial charge in [-0.05, 0) is 43.7 Å². The summed E-state index contributed by atoms with van der Waals surface area (Å²) in [5, 5.41) is 7.79. The number of aromatic amines is 1. The maximum absolute atomic E-state index is 6.37. The molecule has 3 aromatic rings. The minimum absolute atomic E-state index is 0.467. The Bertz CT molecular complexity index is 881. The molecule has 0 spiro atoms. The largest absolute Gasteiger partial charge is 0.490 e. The highest BCUT2D eigenvalue weighted by molar-refractivity contribution is 6.30. The second-order valence-corrected chi connectivity index (χ2v) is 6.04. The lowest BCUT2D eigenvalue weighted by molar-refractivity contribution is 0.287. The Labute approximate surface area is 157 Å². The van der Waals surface area contributed by atoms with Crippen molar-refractivity contribution in [3.8, 4) is 22.9 Å². The summed E-state index contributed by atoms with van der Waals surface area (Å²) < 4.78 is 11.3. The average molecular weight is 373 g/mol. The quantitative estimate of drug-likeness (QED) is 0.655. The van der Waals surface area contributed by atoms with Crippen molar-refractivity contribution in [1.29, 1.82) is 0 Å². The number of H-pyrrole nitrogens is 1. The molecule has 136 valence electrons. The van der Waals surface area contributed by atoms with Gasteiger partial charge in [0.25, 0.3) is 0 Å². The van der Waals surface area contributed by atoms with Crippen LogP contribution in [0.1, 0.15) is 31.3 Å². The van der Waals surface area contributed by atoms with Gasteiger partial charge in [-0.3, -0.25) is 5.10 Å². The Kier molecular flexibility index (Phi) is 5.75. The zero-order valence-electron chi connectivity index (χ0n) is 14.7. The molecule has 0 bridgehead atoms. The normalized spacial score (nSPS) is 12.0. The molecular formula is C19H21ClN4O2. The van der Waals surface area contributed by atoms with E-state index in [2.05, 4.69) is 15.2 Å². The fraction of sp³-hybridized carbons (Fsp3) is 0.263. The predicted molar refractivity (Wildman–Crippen MR) is 102 cm³/mol. The molecule has 7 heteroatoms. The van der Waals surface area contributed by atoms with Crippen LogP contribution in [0.2, 0.25) is 5.02 Å². The van der Waals surface area contributed by atoms with Crippen molar-refractivity contribution in [3.63, 3.8) is 0 Å². The third-order valence-corrected chi connectivity index (χ3v) is 4.04. The van der Waals surface area contributed by atoms with E-state index < -0.39 is 6.04 Å². The number of halogens is 1. The highest BCUT2D eigenvalue weighted by atomic mass is 35.5. The predicted octanol–water partition coefficient (Wildman–Crippen LogP) is 3.97. The first kappa shape index (κ1) is 18.2. The van der Waals surface area contributed by atoms with Crippen molar-refractivity contribution in [2.45, 2.75) is 19.9 Å². The van der Waals surface area contributed by atoms with Crippen LogP contribution in [-0.4, -0.2) is 28.4 Å². The third kappa shape index (κ3) is 3.98. The summed E-state index contributed by atoms with van der Waals surface area (Å²) in [6, 6.07) is 12.5. The fourth-order valence-corrected chi connectivity index (χ4v) is 2.78. The van der Waals surface area contributed by atoms with Crippen LogP contribution in [0.4, 0.5) is 0 Å². The molecule has 3 N–H and O–H groups in total. The van der Waals surface area contributed by atoms with Crippen molar-refractivity contribution >= 4 is 11.6 Å². The first-order valence-corrected chi connectivity index (χ1v) is 8.83. The molecule has 2 aromatic carbocycles. The van der Waals surface area contributed by atoms with E-state index in [4.69, 9.17) is 26.8 Å². The van der Waals surface area contributed by atoms with Crippen LogP contribution in [0.5, 0.6) is 11.5 Å². The molecular weight excluding hydrogens is 352 g/mol. The van der Waals surface area contributed by atoms with Gasteiger partial charge in [0.15, 0.2) is 17.3 Å². The van der Waals surface area contributed by atoms with E-state index in [0.717, 1.165) is 11.1 Å². The van der Waals surface area contributed by atoms with E-state index in [1.165, 1.54) is 0 Å². The van der Waals surface area contributed by atoms with E-state index in [-0.39, 0.29) is 0 Å². The number of rotatable bonds is 7. The number of aromatic nitrogens is 3. The standard InChI is InChI=1S/C19H21ClN4O2/c1-3-25-15-9-8-12(11-16(15)26-4-2)17(21)19-22-18(23-24-19)13-6-5-7-14(20)10-13/h5-11,17H,3-4,21H2,1-2H3,(H,22,23,24)/t17-/m1/s1. The van der Waals surface area contributed by atoms with Crippen molar-refractivity contribution in [3.05, 3.63) is 58.9 Å². The first-order valence-electron chi connectivity index (χ1n) is 8.45. The number of benzene rings is 2. The van der Waals surface area contributed by atoms with E-state index in [0.29, 0.717) is 41.4 Å². The maximum atomic E-state index is 6.37. The average Bonchev–Trinajstić information content (AvgIpc) is 3.13. The van der Waals surface area contributed by atoms with Crippen LogP contribution in [0.25, 0.3) is 11.4 Å². The highest BCUT2D eigenvalue weighted by Crippen LogP contribution is 2.31. The summed E-state index contributed by atoms with van der Waals surface area (Å²) in [5.41, 5.74) is 8.05. The molecule has 3 rings (SSSR count). The molecule has 1 atom stereocenters. The minimum Gasteiger partial charge on any atom is -0.490 e. The molecule has 0 unspecified atom stereocenters. The highest BCUT2D eigenvalue weighted by Gasteiger charge is 2.17. The summed E-state index contributed by atoms with van der Waals surface area (Å²) >= 11 is 6.03. The maximum Gasteiger partial charge on any atom is 0.181 e. The Hall–Kier alpha value is -2.57. The van der Waals surface area contributed by atoms with Gasteiger partial charge in [0.2, 0.25) is 0 Å². The number of nitrogens with zero attached hydrogens (tertiary/aromatic N) is 2. The lowest BCUT2D eigenvalue weighted by Gasteiger charge is -2.14. The van der Waals surface area contributed by atoms with Crippen LogP contribution in [0.3, 0.4) is 0 Å². The summed E-state index contributed by atoms with van der Waals surface area (Å²) in [4.78, 5) is 4.51. The number of hydrogen-bond acceptors (Lipinski definition) is 5. The number of ether oxygens (including phenoxy) is 2. The molecule has 6 nitrogen and oxygen atoms in total. The molecule has 1 aromatic heterocycles. The molecule has 0 saturated heterocycles. The monoisotopic (exact) mass is 372 g/mol. The second kappa shape index (κ2) is 8.21. The second-order valence-electron chi connectivity index (χ2n) is 5.60. The van der Waals surface area contributed by atoms with E-state index >= 15 is 0 Å². The smallest absolute Gasteiger partial charge is 0.181 e. The Morgan fingerprint density at radius 3 is 2.58 bits per heavy atom. The molecule has 0 aliphatic heterocycles. The van der Waals surface area contributed by atoms with E-state index in [9.17, 15) is 0 Å². The van der Waals surface area contributed by atoms with Crippen molar-refractivity contribution in [1.82, 2.24) is 15.2 Å². The molecule has 1 heterocycles. The lowest BCUT2D eigenvalue weighted by Crippen LogP contribution is -2.14. The molecule has 26 heavy (non-hydrogen) atoms. The third-order valence-electron chi connectivity index (χ3n) is 3.81. The Morgan fingerprint density at radius 2 is 1.85 bits per heavy atom. The zero-order valence-corrected chi connectivity index (χ0v) is 15.5. The summed E-state index contributed by atoms with van der Waals surface area (Å²) in [6.07, 6.45) is 0. The van der Waals surface area contributed by atoms with Gasteiger partial charge in [0.05, 0.1) is 19.3 Å².